The molecule has 0 spiro atoms. The van der Waals surface area contributed by atoms with Gasteiger partial charge in [0.25, 0.3) is 0 Å². The highest BCUT2D eigenvalue weighted by Gasteiger charge is 2.31. The maximum Gasteiger partial charge on any atom is 0.127 e. The third-order valence-electron chi connectivity index (χ3n) is 3.62. The van der Waals surface area contributed by atoms with Gasteiger partial charge < -0.3 is 14.5 Å². The molecular weight excluding hydrogens is 250 g/mol. The van der Waals surface area contributed by atoms with E-state index in [1.54, 1.807) is 6.26 Å². The monoisotopic (exact) mass is 271 g/mol. The number of ether oxygens (including phenoxy) is 1. The van der Waals surface area contributed by atoms with E-state index in [1.165, 1.54) is 11.1 Å². The average Bonchev–Trinajstić information content (AvgIpc) is 3.00. The number of furan rings is 1. The molecule has 1 aliphatic rings. The van der Waals surface area contributed by atoms with Crippen molar-refractivity contribution >= 4 is 0 Å². The average molecular weight is 271 g/mol. The molecule has 3 heteroatoms. The van der Waals surface area contributed by atoms with Crippen LogP contribution in [0.3, 0.4) is 0 Å². The summed E-state index contributed by atoms with van der Waals surface area (Å²) in [6, 6.07) is 10.4. The molecular formula is C17H21NO2. The van der Waals surface area contributed by atoms with Crippen LogP contribution >= 0.6 is 0 Å². The third-order valence-corrected chi connectivity index (χ3v) is 3.62. The largest absolute Gasteiger partial charge is 0.487 e. The fourth-order valence-electron chi connectivity index (χ4n) is 2.71. The van der Waals surface area contributed by atoms with Crippen molar-refractivity contribution in [3.05, 3.63) is 53.5 Å². The lowest BCUT2D eigenvalue weighted by Gasteiger charge is -2.18. The lowest BCUT2D eigenvalue weighted by molar-refractivity contribution is 0.137. The highest BCUT2D eigenvalue weighted by molar-refractivity contribution is 5.45. The van der Waals surface area contributed by atoms with Gasteiger partial charge in [0.2, 0.25) is 0 Å². The molecule has 1 aliphatic heterocycles. The molecule has 1 aromatic heterocycles. The molecule has 106 valence electrons. The van der Waals surface area contributed by atoms with Gasteiger partial charge in [0.15, 0.2) is 0 Å². The zero-order chi connectivity index (χ0) is 14.0. The summed E-state index contributed by atoms with van der Waals surface area (Å²) in [5.74, 6) is 2.09. The van der Waals surface area contributed by atoms with Crippen LogP contribution in [0.15, 0.2) is 41.0 Å². The van der Waals surface area contributed by atoms with Crippen molar-refractivity contribution in [2.45, 2.75) is 38.8 Å². The van der Waals surface area contributed by atoms with Crippen LogP contribution < -0.4 is 10.1 Å². The molecule has 0 unspecified atom stereocenters. The summed E-state index contributed by atoms with van der Waals surface area (Å²) in [6.45, 7) is 6.02. The van der Waals surface area contributed by atoms with E-state index >= 15 is 0 Å². The normalized spacial score (nSPS) is 15.9. The molecule has 2 aromatic rings. The molecule has 3 nitrogen and oxygen atoms in total. The Morgan fingerprint density at radius 3 is 2.90 bits per heavy atom. The van der Waals surface area contributed by atoms with Crippen molar-refractivity contribution in [1.29, 1.82) is 0 Å². The Hall–Kier alpha value is -1.74. The van der Waals surface area contributed by atoms with E-state index in [4.69, 9.17) is 9.15 Å². The molecule has 0 amide bonds. The van der Waals surface area contributed by atoms with Gasteiger partial charge in [-0.15, -0.1) is 0 Å². The van der Waals surface area contributed by atoms with Gasteiger partial charge in [0.05, 0.1) is 6.26 Å². The van der Waals surface area contributed by atoms with Crippen molar-refractivity contribution in [1.82, 2.24) is 5.32 Å². The highest BCUT2D eigenvalue weighted by atomic mass is 16.5. The van der Waals surface area contributed by atoms with Crippen LogP contribution in [0.5, 0.6) is 5.75 Å². The molecule has 20 heavy (non-hydrogen) atoms. The van der Waals surface area contributed by atoms with Crippen LogP contribution in [0.4, 0.5) is 0 Å². The van der Waals surface area contributed by atoms with Gasteiger partial charge in [-0.3, -0.25) is 0 Å². The maximum absolute atomic E-state index is 6.07. The maximum atomic E-state index is 6.07. The number of para-hydroxylation sites is 1. The van der Waals surface area contributed by atoms with Crippen molar-refractivity contribution in [3.63, 3.8) is 0 Å². The van der Waals surface area contributed by atoms with Gasteiger partial charge in [-0.05, 0) is 31.5 Å². The molecule has 1 aromatic carbocycles. The van der Waals surface area contributed by atoms with E-state index in [2.05, 4.69) is 37.4 Å². The number of hydrogen-bond acceptors (Lipinski definition) is 3. The van der Waals surface area contributed by atoms with E-state index in [-0.39, 0.29) is 5.60 Å². The summed E-state index contributed by atoms with van der Waals surface area (Å²) < 4.78 is 11.4. The molecule has 0 radical (unpaired) electrons. The van der Waals surface area contributed by atoms with Gasteiger partial charge in [0, 0.05) is 31.5 Å². The molecule has 3 rings (SSSR count). The minimum absolute atomic E-state index is 0.0768. The number of nitrogens with one attached hydrogen (secondary N) is 1. The second-order valence-electron chi connectivity index (χ2n) is 5.95. The highest BCUT2D eigenvalue weighted by Crippen LogP contribution is 2.37. The van der Waals surface area contributed by atoms with Gasteiger partial charge in [0.1, 0.15) is 17.1 Å². The molecule has 0 atom stereocenters. The first-order valence-corrected chi connectivity index (χ1v) is 7.17. The van der Waals surface area contributed by atoms with E-state index in [1.807, 2.05) is 12.1 Å². The predicted molar refractivity (Wildman–Crippen MR) is 79.0 cm³/mol. The Morgan fingerprint density at radius 1 is 1.20 bits per heavy atom. The smallest absolute Gasteiger partial charge is 0.127 e. The fraction of sp³-hybridized carbons (Fsp3) is 0.412. The molecule has 0 saturated carbocycles. The molecule has 0 aliphatic carbocycles. The van der Waals surface area contributed by atoms with E-state index < -0.39 is 0 Å². The zero-order valence-corrected chi connectivity index (χ0v) is 12.1. The van der Waals surface area contributed by atoms with Crippen molar-refractivity contribution in [2.75, 3.05) is 6.54 Å². The van der Waals surface area contributed by atoms with Gasteiger partial charge in [-0.25, -0.2) is 0 Å². The van der Waals surface area contributed by atoms with Gasteiger partial charge in [-0.2, -0.15) is 0 Å². The summed E-state index contributed by atoms with van der Waals surface area (Å²) in [6.07, 6.45) is 3.62. The molecule has 1 N–H and O–H groups in total. The summed E-state index contributed by atoms with van der Waals surface area (Å²) in [5, 5.41) is 3.46. The molecule has 0 fully saturated rings. The first-order valence-electron chi connectivity index (χ1n) is 7.17. The number of fused-ring (bicyclic) bond motifs is 1. The first kappa shape index (κ1) is 13.3. The Kier molecular flexibility index (Phi) is 3.53. The number of benzene rings is 1. The standard InChI is InChI=1S/C17H21NO2/c1-17(2)11-13-5-3-6-14(16(13)20-17)12-18-9-8-15-7-4-10-19-15/h3-7,10,18H,8-9,11-12H2,1-2H3. The second kappa shape index (κ2) is 5.33. The Morgan fingerprint density at radius 2 is 2.10 bits per heavy atom. The summed E-state index contributed by atoms with van der Waals surface area (Å²) in [5.41, 5.74) is 2.49. The van der Waals surface area contributed by atoms with Crippen LogP contribution in [0.25, 0.3) is 0 Å². The third kappa shape index (κ3) is 2.88. The summed E-state index contributed by atoms with van der Waals surface area (Å²) >= 11 is 0. The van der Waals surface area contributed by atoms with E-state index in [0.717, 1.165) is 37.4 Å². The summed E-state index contributed by atoms with van der Waals surface area (Å²) in [7, 11) is 0. The molecule has 0 bridgehead atoms. The molecule has 2 heterocycles. The van der Waals surface area contributed by atoms with E-state index in [0.29, 0.717) is 0 Å². The lowest BCUT2D eigenvalue weighted by Crippen LogP contribution is -2.25. The van der Waals surface area contributed by atoms with Crippen molar-refractivity contribution in [3.8, 4) is 5.75 Å². The second-order valence-corrected chi connectivity index (χ2v) is 5.95. The Bertz CT molecular complexity index is 573. The summed E-state index contributed by atoms with van der Waals surface area (Å²) in [4.78, 5) is 0. The van der Waals surface area contributed by atoms with Crippen LogP contribution in [0.2, 0.25) is 0 Å². The van der Waals surface area contributed by atoms with Crippen molar-refractivity contribution in [2.24, 2.45) is 0 Å². The Balaban J connectivity index is 1.58. The van der Waals surface area contributed by atoms with Crippen LogP contribution in [-0.2, 0) is 19.4 Å². The SMILES string of the molecule is CC1(C)Cc2cccc(CNCCc3ccco3)c2O1. The van der Waals surface area contributed by atoms with Gasteiger partial charge in [-0.1, -0.05) is 18.2 Å². The topological polar surface area (TPSA) is 34.4 Å². The predicted octanol–water partition coefficient (Wildman–Crippen LogP) is 3.33. The number of hydrogen-bond donors (Lipinski definition) is 1. The Labute approximate surface area is 119 Å². The fourth-order valence-corrected chi connectivity index (χ4v) is 2.71. The van der Waals surface area contributed by atoms with Crippen molar-refractivity contribution < 1.29 is 9.15 Å². The number of rotatable bonds is 5. The van der Waals surface area contributed by atoms with Crippen LogP contribution in [0, 0.1) is 0 Å². The van der Waals surface area contributed by atoms with Crippen LogP contribution in [0.1, 0.15) is 30.7 Å². The quantitative estimate of drug-likeness (QED) is 0.847. The minimum atomic E-state index is -0.0768. The van der Waals surface area contributed by atoms with Gasteiger partial charge >= 0.3 is 0 Å². The lowest BCUT2D eigenvalue weighted by atomic mass is 10.0. The van der Waals surface area contributed by atoms with Crippen LogP contribution in [-0.4, -0.2) is 12.1 Å². The zero-order valence-electron chi connectivity index (χ0n) is 12.1. The minimum Gasteiger partial charge on any atom is -0.487 e. The first-order chi connectivity index (χ1) is 9.64. The molecule has 0 saturated heterocycles. The van der Waals surface area contributed by atoms with E-state index in [9.17, 15) is 0 Å².